The van der Waals surface area contributed by atoms with Gasteiger partial charge in [0.05, 0.1) is 17.1 Å². The molecule has 4 rings (SSSR count). The van der Waals surface area contributed by atoms with E-state index in [1.165, 1.54) is 0 Å². The molecule has 0 unspecified atom stereocenters. The quantitative estimate of drug-likeness (QED) is 0.121. The van der Waals surface area contributed by atoms with E-state index in [4.69, 9.17) is 11.8 Å². The van der Waals surface area contributed by atoms with Crippen LogP contribution in [0.1, 0.15) is 40.6 Å². The monoisotopic (exact) mass is 467 g/mol. The standard InChI is InChI=1S/C28H26FN5O/c1-2-19-9-11-20(12-10-19)21-13-15-22(16-14-21)28(35)34-25(8-5-17-31-26(30)18-29)27-32-23-6-3-4-7-24(23)33-27/h1,3-4,6-7,9-16,25H,5,8,17-18H2,(H2,30,31)(H,32,33)(H,34,35)/t25-/m0/s1. The topological polar surface area (TPSA) is 93.7 Å². The Morgan fingerprint density at radius 2 is 1.74 bits per heavy atom. The Labute approximate surface area is 203 Å². The van der Waals surface area contributed by atoms with E-state index in [9.17, 15) is 9.18 Å². The highest BCUT2D eigenvalue weighted by Crippen LogP contribution is 2.23. The van der Waals surface area contributed by atoms with E-state index in [1.54, 1.807) is 12.1 Å². The third-order valence-corrected chi connectivity index (χ3v) is 5.72. The minimum atomic E-state index is -0.826. The molecular weight excluding hydrogens is 441 g/mol. The maximum atomic E-state index is 13.1. The van der Waals surface area contributed by atoms with E-state index in [2.05, 4.69) is 26.5 Å². The molecule has 176 valence electrons. The van der Waals surface area contributed by atoms with Gasteiger partial charge in [0.25, 0.3) is 5.91 Å². The fraction of sp³-hybridized carbons (Fsp3) is 0.179. The van der Waals surface area contributed by atoms with Crippen LogP contribution in [0.25, 0.3) is 22.2 Å². The molecule has 0 aliphatic rings. The normalized spacial score (nSPS) is 11.5. The summed E-state index contributed by atoms with van der Waals surface area (Å²) in [5.74, 6) is 2.90. The highest BCUT2D eigenvalue weighted by molar-refractivity contribution is 5.95. The summed E-state index contributed by atoms with van der Waals surface area (Å²) in [6.07, 6.45) is 6.61. The van der Waals surface area contributed by atoms with E-state index < -0.39 is 6.67 Å². The Bertz CT molecular complexity index is 1320. The van der Waals surface area contributed by atoms with Gasteiger partial charge in [-0.25, -0.2) is 9.37 Å². The van der Waals surface area contributed by atoms with Gasteiger partial charge < -0.3 is 15.6 Å². The molecule has 7 heteroatoms. The van der Waals surface area contributed by atoms with Gasteiger partial charge in [-0.3, -0.25) is 10.2 Å². The van der Waals surface area contributed by atoms with Gasteiger partial charge in [-0.2, -0.15) is 0 Å². The predicted molar refractivity (Wildman–Crippen MR) is 137 cm³/mol. The Morgan fingerprint density at radius 1 is 1.06 bits per heavy atom. The first kappa shape index (κ1) is 23.7. The molecule has 4 N–H and O–H groups in total. The van der Waals surface area contributed by atoms with E-state index in [-0.39, 0.29) is 17.8 Å². The number of para-hydroxylation sites is 2. The number of carbonyl (C=O) groups excluding carboxylic acids is 1. The van der Waals surface area contributed by atoms with Gasteiger partial charge in [-0.1, -0.05) is 42.3 Å². The molecule has 0 spiro atoms. The Morgan fingerprint density at radius 3 is 2.40 bits per heavy atom. The second-order valence-electron chi connectivity index (χ2n) is 8.15. The van der Waals surface area contributed by atoms with Crippen LogP contribution in [0.2, 0.25) is 0 Å². The minimum Gasteiger partial charge on any atom is -0.372 e. The lowest BCUT2D eigenvalue weighted by atomic mass is 10.0. The molecule has 0 saturated heterocycles. The number of hydrogen-bond donors (Lipinski definition) is 4. The van der Waals surface area contributed by atoms with Crippen molar-refractivity contribution in [2.75, 3.05) is 13.2 Å². The zero-order chi connectivity index (χ0) is 24.6. The van der Waals surface area contributed by atoms with Gasteiger partial charge in [-0.15, -0.1) is 6.42 Å². The summed E-state index contributed by atoms with van der Waals surface area (Å²) in [6.45, 7) is -0.393. The summed E-state index contributed by atoms with van der Waals surface area (Å²) >= 11 is 0. The van der Waals surface area contributed by atoms with Crippen LogP contribution in [-0.4, -0.2) is 34.9 Å². The van der Waals surface area contributed by atoms with Gasteiger partial charge in [0.2, 0.25) is 0 Å². The maximum Gasteiger partial charge on any atom is 0.251 e. The largest absolute Gasteiger partial charge is 0.372 e. The number of imidazole rings is 1. The number of nitrogens with one attached hydrogen (secondary N) is 4. The van der Waals surface area contributed by atoms with Crippen molar-refractivity contribution in [1.29, 1.82) is 5.41 Å². The van der Waals surface area contributed by atoms with E-state index in [0.717, 1.165) is 27.7 Å². The van der Waals surface area contributed by atoms with Crippen molar-refractivity contribution in [3.05, 3.63) is 89.7 Å². The number of amidine groups is 1. The molecule has 1 aromatic heterocycles. The van der Waals surface area contributed by atoms with Crippen LogP contribution in [0.5, 0.6) is 0 Å². The number of terminal acetylenes is 1. The molecule has 0 bridgehead atoms. The third kappa shape index (κ3) is 5.92. The van der Waals surface area contributed by atoms with Crippen LogP contribution < -0.4 is 10.6 Å². The van der Waals surface area contributed by atoms with Crippen molar-refractivity contribution < 1.29 is 9.18 Å². The van der Waals surface area contributed by atoms with Crippen LogP contribution >= 0.6 is 0 Å². The second kappa shape index (κ2) is 11.1. The van der Waals surface area contributed by atoms with Gasteiger partial charge in [0, 0.05) is 17.7 Å². The summed E-state index contributed by atoms with van der Waals surface area (Å²) < 4.78 is 12.5. The minimum absolute atomic E-state index is 0.150. The van der Waals surface area contributed by atoms with Crippen LogP contribution in [0, 0.1) is 17.8 Å². The third-order valence-electron chi connectivity index (χ3n) is 5.72. The molecule has 1 atom stereocenters. The molecule has 6 nitrogen and oxygen atoms in total. The molecular formula is C28H26FN5O. The van der Waals surface area contributed by atoms with Gasteiger partial charge in [0.15, 0.2) is 0 Å². The number of rotatable bonds is 9. The van der Waals surface area contributed by atoms with Crippen LogP contribution in [0.3, 0.4) is 0 Å². The predicted octanol–water partition coefficient (Wildman–Crippen LogP) is 5.00. The number of carbonyl (C=O) groups is 1. The highest BCUT2D eigenvalue weighted by Gasteiger charge is 2.19. The molecule has 3 aromatic carbocycles. The van der Waals surface area contributed by atoms with Crippen molar-refractivity contribution in [1.82, 2.24) is 20.6 Å². The number of aromatic amines is 1. The number of benzene rings is 3. The van der Waals surface area contributed by atoms with E-state index in [0.29, 0.717) is 30.8 Å². The van der Waals surface area contributed by atoms with E-state index in [1.807, 2.05) is 60.7 Å². The van der Waals surface area contributed by atoms with Crippen LogP contribution in [0.15, 0.2) is 72.8 Å². The summed E-state index contributed by atoms with van der Waals surface area (Å²) in [4.78, 5) is 21.0. The van der Waals surface area contributed by atoms with Gasteiger partial charge in [0.1, 0.15) is 18.3 Å². The fourth-order valence-electron chi connectivity index (χ4n) is 3.82. The van der Waals surface area contributed by atoms with Crippen molar-refractivity contribution in [3.8, 4) is 23.5 Å². The fourth-order valence-corrected chi connectivity index (χ4v) is 3.82. The number of H-pyrrole nitrogens is 1. The van der Waals surface area contributed by atoms with Gasteiger partial charge in [-0.05, 0) is 60.4 Å². The van der Waals surface area contributed by atoms with Crippen molar-refractivity contribution in [3.63, 3.8) is 0 Å². The van der Waals surface area contributed by atoms with Crippen molar-refractivity contribution in [2.45, 2.75) is 18.9 Å². The molecule has 1 amide bonds. The van der Waals surface area contributed by atoms with Crippen LogP contribution in [-0.2, 0) is 0 Å². The summed E-state index contributed by atoms with van der Waals surface area (Å²) in [5.41, 5.74) is 5.06. The number of nitrogens with zero attached hydrogens (tertiary/aromatic N) is 1. The lowest BCUT2D eigenvalue weighted by molar-refractivity contribution is 0.0932. The van der Waals surface area contributed by atoms with E-state index >= 15 is 0 Å². The smallest absolute Gasteiger partial charge is 0.251 e. The number of aromatic nitrogens is 2. The first-order valence-electron chi connectivity index (χ1n) is 11.4. The molecule has 35 heavy (non-hydrogen) atoms. The first-order valence-corrected chi connectivity index (χ1v) is 11.4. The molecule has 1 heterocycles. The molecule has 4 aromatic rings. The number of hydrogen-bond acceptors (Lipinski definition) is 3. The molecule has 0 radical (unpaired) electrons. The van der Waals surface area contributed by atoms with Gasteiger partial charge >= 0.3 is 0 Å². The summed E-state index contributed by atoms with van der Waals surface area (Å²) in [6, 6.07) is 22.4. The Hall–Kier alpha value is -4.44. The highest BCUT2D eigenvalue weighted by atomic mass is 19.1. The molecule has 0 aliphatic carbocycles. The first-order chi connectivity index (χ1) is 17.1. The number of halogens is 1. The second-order valence-corrected chi connectivity index (χ2v) is 8.15. The van der Waals surface area contributed by atoms with Crippen molar-refractivity contribution >= 4 is 22.8 Å². The number of alkyl halides is 1. The number of amides is 1. The van der Waals surface area contributed by atoms with Crippen molar-refractivity contribution in [2.24, 2.45) is 0 Å². The lowest BCUT2D eigenvalue weighted by Crippen LogP contribution is -2.31. The summed E-state index contributed by atoms with van der Waals surface area (Å²) in [5, 5.41) is 13.2. The average molecular weight is 468 g/mol. The average Bonchev–Trinajstić information content (AvgIpc) is 3.34. The summed E-state index contributed by atoms with van der Waals surface area (Å²) in [7, 11) is 0. The molecule has 0 saturated carbocycles. The Balaban J connectivity index is 1.48. The maximum absolute atomic E-state index is 13.1. The van der Waals surface area contributed by atoms with Crippen LogP contribution in [0.4, 0.5) is 4.39 Å². The zero-order valence-electron chi connectivity index (χ0n) is 19.1. The zero-order valence-corrected chi connectivity index (χ0v) is 19.1. The molecule has 0 fully saturated rings. The number of fused-ring (bicyclic) bond motifs is 1. The molecule has 0 aliphatic heterocycles. The SMILES string of the molecule is C#Cc1ccc(-c2ccc(C(=O)N[C@@H](CCCNC(=N)CF)c3nc4ccccc4[nH]3)cc2)cc1. The lowest BCUT2D eigenvalue weighted by Gasteiger charge is -2.17. The Kier molecular flexibility index (Phi) is 7.53.